The van der Waals surface area contributed by atoms with Gasteiger partial charge in [0.1, 0.15) is 0 Å². The van der Waals surface area contributed by atoms with Gasteiger partial charge in [-0.1, -0.05) is 6.42 Å². The molecule has 7 nitrogen and oxygen atoms in total. The van der Waals surface area contributed by atoms with Gasteiger partial charge in [-0.05, 0) is 63.6 Å². The molecule has 0 N–H and O–H groups in total. The van der Waals surface area contributed by atoms with Crippen LogP contribution in [0.5, 0.6) is 0 Å². The van der Waals surface area contributed by atoms with Crippen LogP contribution in [0.2, 0.25) is 0 Å². The van der Waals surface area contributed by atoms with E-state index in [2.05, 4.69) is 24.7 Å². The molecule has 1 aromatic heterocycles. The highest BCUT2D eigenvalue weighted by Crippen LogP contribution is 2.32. The second kappa shape index (κ2) is 10.5. The summed E-state index contributed by atoms with van der Waals surface area (Å²) in [5.74, 6) is 1.65. The van der Waals surface area contributed by atoms with Gasteiger partial charge in [-0.25, -0.2) is 9.97 Å². The highest BCUT2D eigenvalue weighted by Gasteiger charge is 2.36. The van der Waals surface area contributed by atoms with Gasteiger partial charge in [0, 0.05) is 51.7 Å². The van der Waals surface area contributed by atoms with Gasteiger partial charge in [0.2, 0.25) is 11.9 Å². The Balaban J connectivity index is 1.42. The topological polar surface area (TPSA) is 61.8 Å². The number of hydrogen-bond donors (Lipinski definition) is 0. The van der Waals surface area contributed by atoms with Gasteiger partial charge in [-0.2, -0.15) is 0 Å². The molecule has 0 radical (unpaired) electrons. The van der Waals surface area contributed by atoms with E-state index in [1.807, 2.05) is 6.07 Å². The van der Waals surface area contributed by atoms with Crippen LogP contribution in [0.4, 0.5) is 5.95 Å². The fourth-order valence-corrected chi connectivity index (χ4v) is 5.64. The number of anilines is 1. The van der Waals surface area contributed by atoms with Crippen LogP contribution in [0.1, 0.15) is 44.9 Å². The molecule has 166 valence electrons. The molecule has 4 heterocycles. The summed E-state index contributed by atoms with van der Waals surface area (Å²) >= 11 is 0. The number of fused-ring (bicyclic) bond motifs is 1. The molecular formula is C23H37N5O2. The first-order valence-corrected chi connectivity index (χ1v) is 11.8. The number of rotatable bonds is 7. The number of piperidine rings is 3. The number of carbonyl (C=O) groups excluding carboxylic acids is 1. The van der Waals surface area contributed by atoms with Crippen LogP contribution in [0.15, 0.2) is 18.5 Å². The molecule has 3 aliphatic rings. The Bertz CT molecular complexity index is 671. The Morgan fingerprint density at radius 3 is 2.73 bits per heavy atom. The molecule has 3 saturated heterocycles. The zero-order valence-electron chi connectivity index (χ0n) is 18.4. The van der Waals surface area contributed by atoms with Crippen LogP contribution in [-0.2, 0) is 9.53 Å². The molecule has 0 saturated carbocycles. The molecular weight excluding hydrogens is 378 g/mol. The van der Waals surface area contributed by atoms with E-state index in [0.717, 1.165) is 31.9 Å². The van der Waals surface area contributed by atoms with Gasteiger partial charge in [0.15, 0.2) is 0 Å². The Kier molecular flexibility index (Phi) is 7.55. The largest absolute Gasteiger partial charge is 0.383 e. The second-order valence-corrected chi connectivity index (χ2v) is 9.11. The SMILES string of the molecule is COCCN(C[C@@H]1CCCN2CCCC[C@H]12)C(=O)[C@H]1CCCN(c2ncccn2)C1. The molecule has 3 atom stereocenters. The minimum atomic E-state index is 0.0189. The third-order valence-corrected chi connectivity index (χ3v) is 7.17. The van der Waals surface area contributed by atoms with Gasteiger partial charge in [-0.3, -0.25) is 4.79 Å². The van der Waals surface area contributed by atoms with Gasteiger partial charge < -0.3 is 19.4 Å². The Labute approximate surface area is 180 Å². The average molecular weight is 416 g/mol. The smallest absolute Gasteiger partial charge is 0.227 e. The summed E-state index contributed by atoms with van der Waals surface area (Å²) in [6.45, 7) is 6.28. The normalized spacial score (nSPS) is 27.5. The van der Waals surface area contributed by atoms with Crippen molar-refractivity contribution in [1.82, 2.24) is 19.8 Å². The monoisotopic (exact) mass is 415 g/mol. The number of nitrogens with zero attached hydrogens (tertiary/aromatic N) is 5. The molecule has 1 amide bonds. The third-order valence-electron chi connectivity index (χ3n) is 7.17. The molecule has 3 fully saturated rings. The van der Waals surface area contributed by atoms with Crippen molar-refractivity contribution in [2.45, 2.75) is 51.0 Å². The van der Waals surface area contributed by atoms with Crippen LogP contribution in [0, 0.1) is 11.8 Å². The number of ether oxygens (including phenoxy) is 1. The van der Waals surface area contributed by atoms with Crippen molar-refractivity contribution in [3.63, 3.8) is 0 Å². The zero-order chi connectivity index (χ0) is 20.8. The number of aromatic nitrogens is 2. The summed E-state index contributed by atoms with van der Waals surface area (Å²) in [5, 5.41) is 0. The van der Waals surface area contributed by atoms with Crippen molar-refractivity contribution in [1.29, 1.82) is 0 Å². The van der Waals surface area contributed by atoms with Crippen molar-refractivity contribution in [3.8, 4) is 0 Å². The number of carbonyl (C=O) groups is 1. The first-order chi connectivity index (χ1) is 14.8. The highest BCUT2D eigenvalue weighted by atomic mass is 16.5. The Morgan fingerprint density at radius 1 is 1.10 bits per heavy atom. The molecule has 30 heavy (non-hydrogen) atoms. The fourth-order valence-electron chi connectivity index (χ4n) is 5.64. The lowest BCUT2D eigenvalue weighted by Crippen LogP contribution is -2.53. The number of amides is 1. The van der Waals surface area contributed by atoms with Crippen molar-refractivity contribution in [2.75, 3.05) is 57.9 Å². The standard InChI is InChI=1S/C23H37N5O2/c1-30-16-15-27(17-19-7-4-13-26-12-3-2-9-21(19)26)22(29)20-8-5-14-28(18-20)23-24-10-6-11-25-23/h6,10-11,19-21H,2-5,7-9,12-18H2,1H3/t19-,20-,21+/m0/s1. The summed E-state index contributed by atoms with van der Waals surface area (Å²) < 4.78 is 5.36. The van der Waals surface area contributed by atoms with E-state index in [1.165, 1.54) is 45.2 Å². The van der Waals surface area contributed by atoms with Crippen LogP contribution in [0.3, 0.4) is 0 Å². The molecule has 1 aromatic rings. The number of hydrogen-bond acceptors (Lipinski definition) is 6. The zero-order valence-corrected chi connectivity index (χ0v) is 18.4. The second-order valence-electron chi connectivity index (χ2n) is 9.11. The molecule has 0 aliphatic carbocycles. The lowest BCUT2D eigenvalue weighted by Gasteiger charge is -2.46. The average Bonchev–Trinajstić information content (AvgIpc) is 2.82. The van der Waals surface area contributed by atoms with Gasteiger partial charge >= 0.3 is 0 Å². The quantitative estimate of drug-likeness (QED) is 0.682. The van der Waals surface area contributed by atoms with E-state index in [1.54, 1.807) is 19.5 Å². The van der Waals surface area contributed by atoms with Crippen LogP contribution in [0.25, 0.3) is 0 Å². The molecule has 0 unspecified atom stereocenters. The van der Waals surface area contributed by atoms with Crippen molar-refractivity contribution in [3.05, 3.63) is 18.5 Å². The number of methoxy groups -OCH3 is 1. The Hall–Kier alpha value is -1.73. The van der Waals surface area contributed by atoms with E-state index < -0.39 is 0 Å². The summed E-state index contributed by atoms with van der Waals surface area (Å²) in [5.41, 5.74) is 0. The van der Waals surface area contributed by atoms with Crippen molar-refractivity contribution < 1.29 is 9.53 Å². The third kappa shape index (κ3) is 5.11. The molecule has 0 spiro atoms. The maximum absolute atomic E-state index is 13.6. The predicted molar refractivity (Wildman–Crippen MR) is 117 cm³/mol. The lowest BCUT2D eigenvalue weighted by molar-refractivity contribution is -0.138. The summed E-state index contributed by atoms with van der Waals surface area (Å²) in [6.07, 6.45) is 12.0. The van der Waals surface area contributed by atoms with E-state index >= 15 is 0 Å². The molecule has 0 aromatic carbocycles. The van der Waals surface area contributed by atoms with E-state index in [0.29, 0.717) is 37.6 Å². The van der Waals surface area contributed by atoms with Crippen LogP contribution >= 0.6 is 0 Å². The van der Waals surface area contributed by atoms with E-state index in [4.69, 9.17) is 4.74 Å². The maximum Gasteiger partial charge on any atom is 0.227 e. The first kappa shape index (κ1) is 21.5. The minimum absolute atomic E-state index is 0.0189. The van der Waals surface area contributed by atoms with Crippen molar-refractivity contribution >= 4 is 11.9 Å². The van der Waals surface area contributed by atoms with Crippen LogP contribution in [-0.4, -0.2) is 84.7 Å². The van der Waals surface area contributed by atoms with Gasteiger partial charge in [0.25, 0.3) is 0 Å². The van der Waals surface area contributed by atoms with Crippen LogP contribution < -0.4 is 4.90 Å². The summed E-state index contributed by atoms with van der Waals surface area (Å²) in [4.78, 5) is 29.4. The molecule has 4 rings (SSSR count). The molecule has 0 bridgehead atoms. The highest BCUT2D eigenvalue weighted by molar-refractivity contribution is 5.79. The lowest BCUT2D eigenvalue weighted by atomic mass is 9.83. The molecule has 3 aliphatic heterocycles. The summed E-state index contributed by atoms with van der Waals surface area (Å²) in [7, 11) is 1.72. The minimum Gasteiger partial charge on any atom is -0.383 e. The predicted octanol–water partition coefficient (Wildman–Crippen LogP) is 2.43. The Morgan fingerprint density at radius 2 is 1.90 bits per heavy atom. The van der Waals surface area contributed by atoms with E-state index in [9.17, 15) is 4.79 Å². The maximum atomic E-state index is 13.6. The first-order valence-electron chi connectivity index (χ1n) is 11.8. The van der Waals surface area contributed by atoms with Gasteiger partial charge in [0.05, 0.1) is 12.5 Å². The fraction of sp³-hybridized carbons (Fsp3) is 0.783. The van der Waals surface area contributed by atoms with E-state index in [-0.39, 0.29) is 5.92 Å². The van der Waals surface area contributed by atoms with Gasteiger partial charge in [-0.15, -0.1) is 0 Å². The molecule has 7 heteroatoms. The van der Waals surface area contributed by atoms with Crippen molar-refractivity contribution in [2.24, 2.45) is 11.8 Å². The summed E-state index contributed by atoms with van der Waals surface area (Å²) in [6, 6.07) is 2.49.